The molecule has 0 aliphatic heterocycles. The van der Waals surface area contributed by atoms with Crippen LogP contribution in [-0.2, 0) is 9.98 Å². The summed E-state index contributed by atoms with van der Waals surface area (Å²) in [6, 6.07) is 0. The molecule has 0 aromatic rings. The average Bonchev–Trinajstić information content (AvgIpc) is 1.61. The summed E-state index contributed by atoms with van der Waals surface area (Å²) >= 11 is 0. The molecule has 2 unspecified atom stereocenters. The maximum atomic E-state index is 9.79. The molecular formula is CH7N3O4. The lowest BCUT2D eigenvalue weighted by Crippen LogP contribution is -3.16. The van der Waals surface area contributed by atoms with E-state index in [9.17, 15) is 10.4 Å². The van der Waals surface area contributed by atoms with Crippen LogP contribution in [0.25, 0.3) is 0 Å². The Morgan fingerprint density at radius 1 is 1.38 bits per heavy atom. The Bertz CT molecular complexity index is 47.2. The number of hydroxylamine groups is 2. The van der Waals surface area contributed by atoms with Gasteiger partial charge in [0.2, 0.25) is 0 Å². The number of quaternary nitrogens is 2. The third-order valence-electron chi connectivity index (χ3n) is 0.241. The third-order valence-corrected chi connectivity index (χ3v) is 0.241. The molecule has 0 spiro atoms. The molecule has 50 valence electrons. The first-order valence-corrected chi connectivity index (χ1v) is 1.77. The zero-order chi connectivity index (χ0) is 6.57. The normalized spacial score (nSPS) is 18.0. The van der Waals surface area contributed by atoms with Crippen molar-refractivity contribution in [3.63, 3.8) is 0 Å². The summed E-state index contributed by atoms with van der Waals surface area (Å²) in [7, 11) is 1.09. The quantitative estimate of drug-likeness (QED) is 0.203. The van der Waals surface area contributed by atoms with E-state index in [4.69, 9.17) is 0 Å². The zero-order valence-corrected chi connectivity index (χ0v) is 4.21. The number of nitrogens with one attached hydrogen (secondary N) is 2. The second kappa shape index (κ2) is 3.69. The van der Waals surface area contributed by atoms with Gasteiger partial charge >= 0.3 is 0 Å². The lowest BCUT2D eigenvalue weighted by Gasteiger charge is -2.13. The van der Waals surface area contributed by atoms with Crippen LogP contribution in [-0.4, -0.2) is 7.05 Å². The van der Waals surface area contributed by atoms with Crippen LogP contribution >= 0.6 is 0 Å². The maximum Gasteiger partial charge on any atom is 0.0994 e. The molecule has 0 aliphatic carbocycles. The molecule has 0 aliphatic rings. The van der Waals surface area contributed by atoms with Gasteiger partial charge in [-0.2, -0.15) is 5.23 Å². The van der Waals surface area contributed by atoms with Gasteiger partial charge in [-0.3, -0.25) is 0 Å². The summed E-state index contributed by atoms with van der Waals surface area (Å²) in [6.07, 6.45) is 0. The van der Waals surface area contributed by atoms with Crippen LogP contribution in [0.15, 0.2) is 0 Å². The molecule has 8 heavy (non-hydrogen) atoms. The number of hydrogen-bond donors (Lipinski definition) is 3. The fourth-order valence-electron chi connectivity index (χ4n) is 0.0997. The van der Waals surface area contributed by atoms with Crippen LogP contribution in [0.4, 0.5) is 0 Å². The molecule has 0 rings (SSSR count). The molecule has 7 heteroatoms. The van der Waals surface area contributed by atoms with E-state index in [0.717, 1.165) is 7.05 Å². The summed E-state index contributed by atoms with van der Waals surface area (Å²) < 4.78 is 0. The highest BCUT2D eigenvalue weighted by Gasteiger charge is 1.91. The lowest BCUT2D eigenvalue weighted by atomic mass is 11.5. The van der Waals surface area contributed by atoms with Gasteiger partial charge in [-0.15, -0.1) is 11.2 Å². The fraction of sp³-hybridized carbons (Fsp3) is 1.00. The summed E-state index contributed by atoms with van der Waals surface area (Å²) in [5.41, 5.74) is 0. The SMILES string of the molecule is C[NH+]([O-])OO[NH+](N)[O-]. The Balaban J connectivity index is 2.93. The van der Waals surface area contributed by atoms with Crippen molar-refractivity contribution < 1.29 is 20.5 Å². The predicted octanol–water partition coefficient (Wildman–Crippen LogP) is -3.97. The van der Waals surface area contributed by atoms with E-state index in [1.54, 1.807) is 0 Å². The van der Waals surface area contributed by atoms with Crippen LogP contribution < -0.4 is 16.4 Å². The van der Waals surface area contributed by atoms with E-state index in [2.05, 4.69) is 15.8 Å². The first kappa shape index (κ1) is 7.72. The molecule has 0 aromatic heterocycles. The van der Waals surface area contributed by atoms with Crippen molar-refractivity contribution in [3.05, 3.63) is 10.4 Å². The molecule has 0 saturated heterocycles. The minimum Gasteiger partial charge on any atom is -0.598 e. The minimum absolute atomic E-state index is 0.719. The molecule has 0 saturated carbocycles. The van der Waals surface area contributed by atoms with Crippen LogP contribution in [0.1, 0.15) is 0 Å². The highest BCUT2D eigenvalue weighted by Crippen LogP contribution is 1.41. The van der Waals surface area contributed by atoms with Crippen molar-refractivity contribution >= 4 is 0 Å². The largest absolute Gasteiger partial charge is 0.598 e. The number of rotatable bonds is 3. The van der Waals surface area contributed by atoms with Crippen molar-refractivity contribution in [2.45, 2.75) is 0 Å². The average molecular weight is 125 g/mol. The van der Waals surface area contributed by atoms with Gasteiger partial charge in [0.1, 0.15) is 0 Å². The van der Waals surface area contributed by atoms with Gasteiger partial charge in [0, 0.05) is 9.98 Å². The van der Waals surface area contributed by atoms with E-state index in [1.165, 1.54) is 0 Å². The number of nitrogens with two attached hydrogens (primary N) is 1. The summed E-state index contributed by atoms with van der Waals surface area (Å²) in [5.74, 6) is 4.40. The summed E-state index contributed by atoms with van der Waals surface area (Å²) in [4.78, 5) is 7.28. The predicted molar refractivity (Wildman–Crippen MR) is 20.9 cm³/mol. The Morgan fingerprint density at radius 2 is 1.88 bits per heavy atom. The Hall–Kier alpha value is -0.280. The maximum absolute atomic E-state index is 9.79. The van der Waals surface area contributed by atoms with Gasteiger partial charge in [0.05, 0.1) is 7.05 Å². The van der Waals surface area contributed by atoms with E-state index < -0.39 is 10.6 Å². The van der Waals surface area contributed by atoms with Gasteiger partial charge in [0.15, 0.2) is 0 Å². The molecule has 0 aromatic carbocycles. The molecule has 0 amide bonds. The van der Waals surface area contributed by atoms with Crippen LogP contribution in [0.3, 0.4) is 0 Å². The van der Waals surface area contributed by atoms with Crippen molar-refractivity contribution in [1.82, 2.24) is 0 Å². The van der Waals surface area contributed by atoms with Gasteiger partial charge in [-0.1, -0.05) is 0 Å². The first-order chi connectivity index (χ1) is 3.63. The summed E-state index contributed by atoms with van der Waals surface area (Å²) in [5, 5.41) is 17.6. The zero-order valence-electron chi connectivity index (χ0n) is 4.21. The molecule has 4 N–H and O–H groups in total. The monoisotopic (exact) mass is 125 g/mol. The van der Waals surface area contributed by atoms with Gasteiger partial charge in [0.25, 0.3) is 0 Å². The van der Waals surface area contributed by atoms with Crippen LogP contribution in [0.5, 0.6) is 0 Å². The summed E-state index contributed by atoms with van der Waals surface area (Å²) in [6.45, 7) is 0. The van der Waals surface area contributed by atoms with E-state index in [-0.39, 0.29) is 0 Å². The van der Waals surface area contributed by atoms with Gasteiger partial charge in [-0.05, 0) is 0 Å². The molecule has 0 bridgehead atoms. The van der Waals surface area contributed by atoms with E-state index >= 15 is 0 Å². The topological polar surface area (TPSA) is 99.5 Å². The van der Waals surface area contributed by atoms with Crippen LogP contribution in [0.2, 0.25) is 0 Å². The van der Waals surface area contributed by atoms with Crippen molar-refractivity contribution in [2.75, 3.05) is 7.05 Å². The van der Waals surface area contributed by atoms with E-state index in [0.29, 0.717) is 0 Å². The molecule has 0 heterocycles. The molecular weight excluding hydrogens is 118 g/mol. The standard InChI is InChI=1S/CH7N3O4/c1-3(5)7-8-4(2)6/h3-4H,2H2,1H3. The second-order valence-corrected chi connectivity index (χ2v) is 0.977. The lowest BCUT2D eigenvalue weighted by molar-refractivity contribution is -1.24. The Kier molecular flexibility index (Phi) is 3.56. The van der Waals surface area contributed by atoms with Crippen molar-refractivity contribution in [3.8, 4) is 0 Å². The van der Waals surface area contributed by atoms with Crippen molar-refractivity contribution in [1.29, 1.82) is 0 Å². The van der Waals surface area contributed by atoms with E-state index in [1.807, 2.05) is 0 Å². The highest BCUT2D eigenvalue weighted by molar-refractivity contribution is 3.80. The Morgan fingerprint density at radius 3 is 2.00 bits per heavy atom. The Labute approximate surface area is 45.1 Å². The third kappa shape index (κ3) is 5.72. The molecule has 7 nitrogen and oxygen atoms in total. The smallest absolute Gasteiger partial charge is 0.0994 e. The highest BCUT2D eigenvalue weighted by atomic mass is 17.4. The molecule has 0 radical (unpaired) electrons. The molecule has 0 fully saturated rings. The molecule has 2 atom stereocenters. The first-order valence-electron chi connectivity index (χ1n) is 1.77. The van der Waals surface area contributed by atoms with Gasteiger partial charge in [-0.25, -0.2) is 0 Å². The second-order valence-electron chi connectivity index (χ2n) is 0.977. The number of hydrogen-bond acceptors (Lipinski definition) is 5. The van der Waals surface area contributed by atoms with Crippen molar-refractivity contribution in [2.24, 2.45) is 5.84 Å². The minimum atomic E-state index is -1.14. The fourth-order valence-corrected chi connectivity index (χ4v) is 0.0997. The van der Waals surface area contributed by atoms with Crippen LogP contribution in [0, 0.1) is 10.4 Å². The van der Waals surface area contributed by atoms with Gasteiger partial charge < -0.3 is 10.4 Å².